The lowest BCUT2D eigenvalue weighted by atomic mass is 10.0. The molecule has 0 aliphatic carbocycles. The molecule has 0 spiro atoms. The van der Waals surface area contributed by atoms with Gasteiger partial charge in [-0.15, -0.1) is 23.1 Å². The monoisotopic (exact) mass is 372 g/mol. The second-order valence-corrected chi connectivity index (χ2v) is 14.2. The van der Waals surface area contributed by atoms with Crippen LogP contribution in [-0.4, -0.2) is 14.3 Å². The Hall–Kier alpha value is -1.36. The molecule has 2 aromatic carbocycles. The lowest BCUT2D eigenvalue weighted by Gasteiger charge is -2.12. The normalized spacial score (nSPS) is 11.7. The van der Waals surface area contributed by atoms with E-state index in [4.69, 9.17) is 0 Å². The molecule has 0 nitrogen and oxygen atoms in total. The fraction of sp³-hybridized carbons (Fsp3) is 0.200. The van der Waals surface area contributed by atoms with Gasteiger partial charge in [-0.2, -0.15) is 0 Å². The van der Waals surface area contributed by atoms with Gasteiger partial charge in [0.25, 0.3) is 0 Å². The van der Waals surface area contributed by atoms with Crippen LogP contribution in [0.15, 0.2) is 59.5 Å². The molecule has 3 aromatic rings. The fourth-order valence-electron chi connectivity index (χ4n) is 2.56. The number of halogens is 1. The molecule has 0 aliphatic heterocycles. The van der Waals surface area contributed by atoms with E-state index in [1.807, 2.05) is 23.5 Å². The van der Waals surface area contributed by atoms with Crippen LogP contribution in [0.5, 0.6) is 0 Å². The van der Waals surface area contributed by atoms with Crippen LogP contribution in [0.3, 0.4) is 0 Å². The van der Waals surface area contributed by atoms with Crippen molar-refractivity contribution in [1.29, 1.82) is 0 Å². The number of hydrogen-bond donors (Lipinski definition) is 0. The first-order chi connectivity index (χ1) is 11.4. The molecule has 0 aliphatic rings. The van der Waals surface area contributed by atoms with Crippen LogP contribution >= 0.6 is 23.1 Å². The van der Waals surface area contributed by atoms with E-state index in [0.29, 0.717) is 0 Å². The predicted molar refractivity (Wildman–Crippen MR) is 110 cm³/mol. The first kappa shape index (κ1) is 17.5. The predicted octanol–water partition coefficient (Wildman–Crippen LogP) is 6.49. The third-order valence-corrected chi connectivity index (χ3v) is 9.49. The van der Waals surface area contributed by atoms with Gasteiger partial charge in [0.2, 0.25) is 0 Å². The Balaban J connectivity index is 2.15. The van der Waals surface area contributed by atoms with Crippen molar-refractivity contribution in [2.24, 2.45) is 0 Å². The van der Waals surface area contributed by atoms with E-state index < -0.39 is 8.07 Å². The highest BCUT2D eigenvalue weighted by Crippen LogP contribution is 2.37. The van der Waals surface area contributed by atoms with E-state index in [1.54, 1.807) is 23.9 Å². The minimum atomic E-state index is -1.40. The lowest BCUT2D eigenvalue weighted by Crippen LogP contribution is -2.34. The summed E-state index contributed by atoms with van der Waals surface area (Å²) in [6.45, 7) is 7.11. The van der Waals surface area contributed by atoms with Crippen LogP contribution in [0.1, 0.15) is 0 Å². The van der Waals surface area contributed by atoms with Crippen molar-refractivity contribution in [3.05, 3.63) is 60.4 Å². The maximum atomic E-state index is 13.3. The van der Waals surface area contributed by atoms with Crippen LogP contribution < -0.4 is 4.50 Å². The van der Waals surface area contributed by atoms with Crippen molar-refractivity contribution in [2.75, 3.05) is 6.26 Å². The third-order valence-electron chi connectivity index (χ3n) is 3.98. The van der Waals surface area contributed by atoms with E-state index in [2.05, 4.69) is 56.2 Å². The molecular weight excluding hydrogens is 351 g/mol. The van der Waals surface area contributed by atoms with Gasteiger partial charge in [-0.25, -0.2) is 4.39 Å². The molecule has 0 amide bonds. The second kappa shape index (κ2) is 6.87. The number of rotatable bonds is 4. The Morgan fingerprint density at radius 1 is 0.875 bits per heavy atom. The maximum Gasteiger partial charge on any atom is 0.123 e. The Morgan fingerprint density at radius 2 is 1.46 bits per heavy atom. The van der Waals surface area contributed by atoms with Crippen molar-refractivity contribution in [2.45, 2.75) is 24.5 Å². The molecule has 0 bridgehead atoms. The molecule has 0 saturated carbocycles. The zero-order valence-corrected chi connectivity index (χ0v) is 17.0. The van der Waals surface area contributed by atoms with Crippen LogP contribution in [0, 0.1) is 5.82 Å². The highest BCUT2D eigenvalue weighted by Gasteiger charge is 2.22. The maximum absolute atomic E-state index is 13.3. The van der Waals surface area contributed by atoms with Crippen molar-refractivity contribution in [3.8, 4) is 21.6 Å². The van der Waals surface area contributed by atoms with Crippen molar-refractivity contribution in [1.82, 2.24) is 0 Å². The van der Waals surface area contributed by atoms with Crippen molar-refractivity contribution < 1.29 is 4.39 Å². The van der Waals surface area contributed by atoms with Crippen LogP contribution in [0.25, 0.3) is 21.6 Å². The summed E-state index contributed by atoms with van der Waals surface area (Å²) in [7, 11) is -1.40. The second-order valence-electron chi connectivity index (χ2n) is 6.84. The van der Waals surface area contributed by atoms with E-state index in [0.717, 1.165) is 5.56 Å². The topological polar surface area (TPSA) is 0 Å². The molecule has 0 N–H and O–H groups in total. The van der Waals surface area contributed by atoms with Crippen LogP contribution in [0.2, 0.25) is 19.6 Å². The summed E-state index contributed by atoms with van der Waals surface area (Å²) < 4.78 is 14.8. The van der Waals surface area contributed by atoms with Crippen LogP contribution in [0.4, 0.5) is 4.39 Å². The Morgan fingerprint density at radius 3 is 2.00 bits per heavy atom. The average molecular weight is 373 g/mol. The van der Waals surface area contributed by atoms with Crippen molar-refractivity contribution in [3.63, 3.8) is 0 Å². The molecule has 0 radical (unpaired) electrons. The number of thiophene rings is 1. The van der Waals surface area contributed by atoms with Gasteiger partial charge in [-0.1, -0.05) is 43.9 Å². The summed E-state index contributed by atoms with van der Waals surface area (Å²) in [5.41, 5.74) is 3.54. The highest BCUT2D eigenvalue weighted by atomic mass is 32.2. The lowest BCUT2D eigenvalue weighted by molar-refractivity contribution is 0.628. The Kier molecular flexibility index (Phi) is 4.99. The van der Waals surface area contributed by atoms with E-state index in [1.165, 1.54) is 25.4 Å². The number of thioether (sulfide) groups is 1. The van der Waals surface area contributed by atoms with E-state index in [9.17, 15) is 4.39 Å². The minimum Gasteiger partial charge on any atom is -0.207 e. The highest BCUT2D eigenvalue weighted by molar-refractivity contribution is 7.98. The molecule has 0 fully saturated rings. The first-order valence-corrected chi connectivity index (χ1v) is 13.5. The molecule has 1 aromatic heterocycles. The molecular formula is C20H21FS2Si. The Bertz CT molecular complexity index is 828. The molecule has 24 heavy (non-hydrogen) atoms. The summed E-state index contributed by atoms with van der Waals surface area (Å²) in [4.78, 5) is 2.55. The molecule has 1 heterocycles. The average Bonchev–Trinajstić information content (AvgIpc) is 3.01. The molecule has 4 heteroatoms. The summed E-state index contributed by atoms with van der Waals surface area (Å²) in [6.07, 6.45) is 2.09. The Labute approximate surface area is 152 Å². The van der Waals surface area contributed by atoms with Gasteiger partial charge in [-0.3, -0.25) is 0 Å². The number of benzene rings is 2. The summed E-state index contributed by atoms with van der Waals surface area (Å²) in [5.74, 6) is -0.190. The van der Waals surface area contributed by atoms with E-state index >= 15 is 0 Å². The van der Waals surface area contributed by atoms with Gasteiger partial charge >= 0.3 is 0 Å². The quantitative estimate of drug-likeness (QED) is 0.373. The van der Waals surface area contributed by atoms with Gasteiger partial charge in [0, 0.05) is 15.3 Å². The largest absolute Gasteiger partial charge is 0.207 e. The van der Waals surface area contributed by atoms with Gasteiger partial charge in [-0.05, 0) is 52.2 Å². The van der Waals surface area contributed by atoms with Gasteiger partial charge < -0.3 is 0 Å². The smallest absolute Gasteiger partial charge is 0.123 e. The number of hydrogen-bond acceptors (Lipinski definition) is 2. The zero-order chi connectivity index (χ0) is 17.3. The SMILES string of the molecule is CSc1ccc(-c2sc([Si](C)(C)C)cc2-c2ccc(F)cc2)cc1. The third kappa shape index (κ3) is 3.66. The first-order valence-electron chi connectivity index (χ1n) is 7.93. The molecule has 0 saturated heterocycles. The van der Waals surface area contributed by atoms with Gasteiger partial charge in [0.15, 0.2) is 0 Å². The van der Waals surface area contributed by atoms with Gasteiger partial charge in [0.05, 0.1) is 8.07 Å². The standard InChI is InChI=1S/C20H21FS2Si/c1-22-17-11-7-15(8-12-17)20-18(13-19(23-20)24(2,3)4)14-5-9-16(21)10-6-14/h5-13H,1-4H3. The van der Waals surface area contributed by atoms with Crippen molar-refractivity contribution >= 4 is 35.7 Å². The molecule has 3 rings (SSSR count). The summed E-state index contributed by atoms with van der Waals surface area (Å²) >= 11 is 3.65. The summed E-state index contributed by atoms with van der Waals surface area (Å²) in [5, 5.41) is 0. The molecule has 0 atom stereocenters. The minimum absolute atomic E-state index is 0.190. The molecule has 124 valence electrons. The van der Waals surface area contributed by atoms with E-state index in [-0.39, 0.29) is 5.82 Å². The van der Waals surface area contributed by atoms with Crippen LogP contribution in [-0.2, 0) is 0 Å². The molecule has 0 unspecified atom stereocenters. The summed E-state index contributed by atoms with van der Waals surface area (Å²) in [6, 6.07) is 17.9. The fourth-order valence-corrected chi connectivity index (χ4v) is 6.02. The zero-order valence-electron chi connectivity index (χ0n) is 14.4. The van der Waals surface area contributed by atoms with Gasteiger partial charge in [0.1, 0.15) is 5.82 Å².